The average molecular weight is 307 g/mol. The lowest BCUT2D eigenvalue weighted by atomic mass is 10.3. The molecule has 3 heterocycles. The SMILES string of the molecule is C[C@@H](Nc1cccc(C(F)(F)F)n1)c1nnc2ccccn12. The van der Waals surface area contributed by atoms with Crippen molar-refractivity contribution >= 4 is 11.5 Å². The number of hydrogen-bond donors (Lipinski definition) is 1. The molecule has 0 aliphatic rings. The van der Waals surface area contributed by atoms with Gasteiger partial charge >= 0.3 is 6.18 Å². The highest BCUT2D eigenvalue weighted by atomic mass is 19.4. The fraction of sp³-hybridized carbons (Fsp3) is 0.214. The third-order valence-electron chi connectivity index (χ3n) is 3.13. The van der Waals surface area contributed by atoms with E-state index in [1.54, 1.807) is 23.6 Å². The number of anilines is 1. The average Bonchev–Trinajstić information content (AvgIpc) is 2.90. The summed E-state index contributed by atoms with van der Waals surface area (Å²) < 4.78 is 39.8. The Labute approximate surface area is 123 Å². The topological polar surface area (TPSA) is 55.1 Å². The minimum absolute atomic E-state index is 0.134. The van der Waals surface area contributed by atoms with Crippen LogP contribution >= 0.6 is 0 Å². The lowest BCUT2D eigenvalue weighted by Crippen LogP contribution is -2.14. The van der Waals surface area contributed by atoms with Crippen molar-refractivity contribution < 1.29 is 13.2 Å². The Bertz CT molecular complexity index is 796. The van der Waals surface area contributed by atoms with Crippen LogP contribution in [0.5, 0.6) is 0 Å². The number of fused-ring (bicyclic) bond motifs is 1. The Balaban J connectivity index is 1.87. The summed E-state index contributed by atoms with van der Waals surface area (Å²) in [5, 5.41) is 11.0. The maximum Gasteiger partial charge on any atom is 0.433 e. The molecule has 8 heteroatoms. The van der Waals surface area contributed by atoms with E-state index in [-0.39, 0.29) is 11.9 Å². The number of halogens is 3. The standard InChI is InChI=1S/C14H12F3N5/c1-9(13-21-20-12-7-2-3-8-22(12)13)18-11-6-4-5-10(19-11)14(15,16)17/h2-9H,1H3,(H,18,19)/t9-/m1/s1. The summed E-state index contributed by atoms with van der Waals surface area (Å²) in [5.41, 5.74) is -0.265. The Morgan fingerprint density at radius 1 is 1.09 bits per heavy atom. The van der Waals surface area contributed by atoms with Gasteiger partial charge in [0.25, 0.3) is 0 Å². The van der Waals surface area contributed by atoms with Gasteiger partial charge in [0, 0.05) is 6.20 Å². The first-order valence-electron chi connectivity index (χ1n) is 6.55. The summed E-state index contributed by atoms with van der Waals surface area (Å²) in [4.78, 5) is 3.58. The van der Waals surface area contributed by atoms with Crippen LogP contribution in [0.25, 0.3) is 5.65 Å². The number of rotatable bonds is 3. The molecular formula is C14H12F3N5. The molecule has 114 valence electrons. The second-order valence-corrected chi connectivity index (χ2v) is 4.76. The number of nitrogens with one attached hydrogen (secondary N) is 1. The van der Waals surface area contributed by atoms with Crippen LogP contribution in [0.3, 0.4) is 0 Å². The molecule has 3 aromatic rings. The van der Waals surface area contributed by atoms with Gasteiger partial charge in [-0.1, -0.05) is 12.1 Å². The summed E-state index contributed by atoms with van der Waals surface area (Å²) >= 11 is 0. The molecule has 0 amide bonds. The second kappa shape index (κ2) is 5.28. The molecule has 0 fully saturated rings. The van der Waals surface area contributed by atoms with E-state index >= 15 is 0 Å². The number of nitrogens with zero attached hydrogens (tertiary/aromatic N) is 4. The zero-order chi connectivity index (χ0) is 15.7. The zero-order valence-electron chi connectivity index (χ0n) is 11.5. The Kier molecular flexibility index (Phi) is 3.44. The maximum atomic E-state index is 12.7. The molecule has 0 bridgehead atoms. The van der Waals surface area contributed by atoms with Gasteiger partial charge in [0.15, 0.2) is 11.5 Å². The fourth-order valence-electron chi connectivity index (χ4n) is 2.11. The monoisotopic (exact) mass is 307 g/mol. The summed E-state index contributed by atoms with van der Waals surface area (Å²) in [7, 11) is 0. The molecular weight excluding hydrogens is 295 g/mol. The number of alkyl halides is 3. The van der Waals surface area contributed by atoms with Gasteiger partial charge in [-0.15, -0.1) is 10.2 Å². The van der Waals surface area contributed by atoms with Crippen LogP contribution in [0.15, 0.2) is 42.6 Å². The van der Waals surface area contributed by atoms with Crippen LogP contribution < -0.4 is 5.32 Å². The van der Waals surface area contributed by atoms with Crippen LogP contribution in [0.1, 0.15) is 24.5 Å². The molecule has 0 spiro atoms. The quantitative estimate of drug-likeness (QED) is 0.806. The number of aromatic nitrogens is 4. The van der Waals surface area contributed by atoms with Gasteiger partial charge in [-0.3, -0.25) is 4.40 Å². The molecule has 0 radical (unpaired) electrons. The van der Waals surface area contributed by atoms with Crippen LogP contribution in [0.2, 0.25) is 0 Å². The van der Waals surface area contributed by atoms with E-state index in [1.807, 2.05) is 12.1 Å². The van der Waals surface area contributed by atoms with E-state index in [1.165, 1.54) is 12.1 Å². The highest BCUT2D eigenvalue weighted by Gasteiger charge is 2.32. The molecule has 0 unspecified atom stereocenters. The maximum absolute atomic E-state index is 12.7. The molecule has 0 aliphatic heterocycles. The van der Waals surface area contributed by atoms with Gasteiger partial charge in [0.2, 0.25) is 0 Å². The first-order valence-corrected chi connectivity index (χ1v) is 6.55. The van der Waals surface area contributed by atoms with E-state index in [0.29, 0.717) is 11.5 Å². The zero-order valence-corrected chi connectivity index (χ0v) is 11.5. The van der Waals surface area contributed by atoms with Gasteiger partial charge in [0.1, 0.15) is 11.5 Å². The van der Waals surface area contributed by atoms with Gasteiger partial charge in [-0.05, 0) is 31.2 Å². The molecule has 0 aliphatic carbocycles. The predicted molar refractivity (Wildman–Crippen MR) is 74.3 cm³/mol. The Morgan fingerprint density at radius 3 is 2.68 bits per heavy atom. The van der Waals surface area contributed by atoms with Gasteiger partial charge < -0.3 is 5.32 Å². The molecule has 0 aromatic carbocycles. The van der Waals surface area contributed by atoms with Crippen LogP contribution in [0.4, 0.5) is 19.0 Å². The minimum atomic E-state index is -4.47. The summed E-state index contributed by atoms with van der Waals surface area (Å²) in [6.07, 6.45) is -2.68. The normalized spacial score (nSPS) is 13.3. The Hall–Kier alpha value is -2.64. The van der Waals surface area contributed by atoms with E-state index in [2.05, 4.69) is 20.5 Å². The molecule has 1 atom stereocenters. The summed E-state index contributed by atoms with van der Waals surface area (Å²) in [5.74, 6) is 0.727. The van der Waals surface area contributed by atoms with Crippen molar-refractivity contribution in [1.29, 1.82) is 0 Å². The molecule has 1 N–H and O–H groups in total. The van der Waals surface area contributed by atoms with Crippen molar-refractivity contribution in [2.75, 3.05) is 5.32 Å². The lowest BCUT2D eigenvalue weighted by Gasteiger charge is -2.14. The van der Waals surface area contributed by atoms with Crippen molar-refractivity contribution in [3.05, 3.63) is 54.1 Å². The van der Waals surface area contributed by atoms with Crippen molar-refractivity contribution in [3.63, 3.8) is 0 Å². The van der Waals surface area contributed by atoms with Gasteiger partial charge in [-0.2, -0.15) is 13.2 Å². The second-order valence-electron chi connectivity index (χ2n) is 4.76. The van der Waals surface area contributed by atoms with Gasteiger partial charge in [0.05, 0.1) is 6.04 Å². The van der Waals surface area contributed by atoms with Crippen molar-refractivity contribution in [3.8, 4) is 0 Å². The molecule has 3 aromatic heterocycles. The number of pyridine rings is 2. The Morgan fingerprint density at radius 2 is 1.91 bits per heavy atom. The van der Waals surface area contributed by atoms with Crippen molar-refractivity contribution in [2.45, 2.75) is 19.1 Å². The molecule has 5 nitrogen and oxygen atoms in total. The van der Waals surface area contributed by atoms with E-state index in [9.17, 15) is 13.2 Å². The van der Waals surface area contributed by atoms with Gasteiger partial charge in [-0.25, -0.2) is 4.98 Å². The molecule has 0 saturated carbocycles. The van der Waals surface area contributed by atoms with E-state index < -0.39 is 11.9 Å². The lowest BCUT2D eigenvalue weighted by molar-refractivity contribution is -0.141. The summed E-state index contributed by atoms with van der Waals surface area (Å²) in [6.45, 7) is 1.78. The highest BCUT2D eigenvalue weighted by Crippen LogP contribution is 2.28. The smallest absolute Gasteiger partial charge is 0.360 e. The fourth-order valence-corrected chi connectivity index (χ4v) is 2.11. The van der Waals surface area contributed by atoms with Crippen molar-refractivity contribution in [1.82, 2.24) is 19.6 Å². The largest absolute Gasteiger partial charge is 0.433 e. The van der Waals surface area contributed by atoms with Crippen molar-refractivity contribution in [2.24, 2.45) is 0 Å². The molecule has 3 rings (SSSR count). The molecule has 22 heavy (non-hydrogen) atoms. The third kappa shape index (κ3) is 2.72. The predicted octanol–water partition coefficient (Wildman–Crippen LogP) is 3.32. The third-order valence-corrected chi connectivity index (χ3v) is 3.13. The first-order chi connectivity index (χ1) is 10.4. The number of hydrogen-bond acceptors (Lipinski definition) is 4. The highest BCUT2D eigenvalue weighted by molar-refractivity contribution is 5.41. The van der Waals surface area contributed by atoms with Crippen LogP contribution in [-0.2, 0) is 6.18 Å². The van der Waals surface area contributed by atoms with E-state index in [4.69, 9.17) is 0 Å². The summed E-state index contributed by atoms with van der Waals surface area (Å²) in [6, 6.07) is 8.83. The van der Waals surface area contributed by atoms with Crippen LogP contribution in [-0.4, -0.2) is 19.6 Å². The van der Waals surface area contributed by atoms with Crippen LogP contribution in [0, 0.1) is 0 Å². The van der Waals surface area contributed by atoms with E-state index in [0.717, 1.165) is 6.07 Å². The minimum Gasteiger partial charge on any atom is -0.360 e. The first kappa shape index (κ1) is 14.3. The molecule has 0 saturated heterocycles.